The molecule has 0 unspecified atom stereocenters. The lowest BCUT2D eigenvalue weighted by Gasteiger charge is -2.22. The third-order valence-electron chi connectivity index (χ3n) is 4.45. The van der Waals surface area contributed by atoms with Crippen LogP contribution in [0.3, 0.4) is 0 Å². The Morgan fingerprint density at radius 2 is 2.00 bits per heavy atom. The Hall–Kier alpha value is -1.07. The quantitative estimate of drug-likeness (QED) is 0.849. The van der Waals surface area contributed by atoms with E-state index in [1.54, 1.807) is 24.3 Å². The van der Waals surface area contributed by atoms with Gasteiger partial charge in [-0.1, -0.05) is 43.0 Å². The molecule has 128 valence electrons. The summed E-state index contributed by atoms with van der Waals surface area (Å²) in [7, 11) is -3.55. The lowest BCUT2D eigenvalue weighted by Crippen LogP contribution is -2.40. The number of halogens is 1. The van der Waals surface area contributed by atoms with E-state index in [2.05, 4.69) is 5.32 Å². The molecule has 1 saturated carbocycles. The van der Waals surface area contributed by atoms with Crippen LogP contribution in [0.25, 0.3) is 0 Å². The van der Waals surface area contributed by atoms with Gasteiger partial charge in [0.2, 0.25) is 5.91 Å². The van der Waals surface area contributed by atoms with Crippen molar-refractivity contribution in [1.82, 2.24) is 5.32 Å². The fourth-order valence-electron chi connectivity index (χ4n) is 2.93. The molecule has 1 aliphatic carbocycles. The summed E-state index contributed by atoms with van der Waals surface area (Å²) in [5.41, 5.74) is 0.601. The molecular formula is C17H24ClNO3S. The number of hydrogen-bond donors (Lipinski definition) is 1. The molecule has 23 heavy (non-hydrogen) atoms. The molecule has 0 heterocycles. The van der Waals surface area contributed by atoms with Gasteiger partial charge in [0.1, 0.15) is 5.25 Å². The average molecular weight is 358 g/mol. The predicted octanol–water partition coefficient (Wildman–Crippen LogP) is 3.34. The molecule has 2 rings (SSSR count). The maximum absolute atomic E-state index is 12.4. The van der Waals surface area contributed by atoms with Crippen molar-refractivity contribution >= 4 is 27.3 Å². The molecule has 6 heteroatoms. The molecule has 1 aromatic rings. The molecule has 0 spiro atoms. The second kappa shape index (κ2) is 8.15. The molecule has 0 saturated heterocycles. The monoisotopic (exact) mass is 357 g/mol. The number of benzene rings is 1. The highest BCUT2D eigenvalue weighted by Crippen LogP contribution is 2.23. The average Bonchev–Trinajstić information content (AvgIpc) is 2.52. The highest BCUT2D eigenvalue weighted by atomic mass is 35.5. The van der Waals surface area contributed by atoms with E-state index in [1.807, 2.05) is 0 Å². The van der Waals surface area contributed by atoms with Gasteiger partial charge in [-0.15, -0.1) is 0 Å². The Kier molecular flexibility index (Phi) is 6.48. The molecule has 1 aromatic carbocycles. The van der Waals surface area contributed by atoms with E-state index in [-0.39, 0.29) is 5.75 Å². The van der Waals surface area contributed by atoms with Gasteiger partial charge < -0.3 is 5.32 Å². The van der Waals surface area contributed by atoms with E-state index in [4.69, 9.17) is 11.6 Å². The van der Waals surface area contributed by atoms with Crippen LogP contribution in [-0.2, 0) is 20.4 Å². The summed E-state index contributed by atoms with van der Waals surface area (Å²) in [6.07, 6.45) is 5.88. The van der Waals surface area contributed by atoms with Gasteiger partial charge in [0.25, 0.3) is 0 Å². The first kappa shape index (κ1) is 18.3. The van der Waals surface area contributed by atoms with E-state index < -0.39 is 21.0 Å². The summed E-state index contributed by atoms with van der Waals surface area (Å²) in [5.74, 6) is -0.0980. The Morgan fingerprint density at radius 1 is 1.30 bits per heavy atom. The molecule has 1 fully saturated rings. The van der Waals surface area contributed by atoms with Crippen LogP contribution in [0.5, 0.6) is 0 Å². The van der Waals surface area contributed by atoms with Crippen LogP contribution in [0, 0.1) is 5.92 Å². The van der Waals surface area contributed by atoms with Crippen molar-refractivity contribution in [1.29, 1.82) is 0 Å². The second-order valence-corrected chi connectivity index (χ2v) is 9.09. The highest BCUT2D eigenvalue weighted by molar-refractivity contribution is 7.92. The Bertz CT molecular complexity index is 639. The summed E-state index contributed by atoms with van der Waals surface area (Å²) in [6, 6.07) is 6.72. The van der Waals surface area contributed by atoms with E-state index in [0.29, 0.717) is 23.0 Å². The lowest BCUT2D eigenvalue weighted by atomic mass is 9.89. The smallest absolute Gasteiger partial charge is 0.238 e. The molecule has 0 radical (unpaired) electrons. The lowest BCUT2D eigenvalue weighted by molar-refractivity contribution is -0.120. The third-order valence-corrected chi connectivity index (χ3v) is 6.72. The minimum Gasteiger partial charge on any atom is -0.355 e. The van der Waals surface area contributed by atoms with Crippen LogP contribution in [-0.4, -0.2) is 26.1 Å². The summed E-state index contributed by atoms with van der Waals surface area (Å²) in [5, 5.41) is 2.25. The van der Waals surface area contributed by atoms with Gasteiger partial charge in [-0.2, -0.15) is 0 Å². The fourth-order valence-corrected chi connectivity index (χ4v) is 4.44. The van der Waals surface area contributed by atoms with Gasteiger partial charge in [-0.25, -0.2) is 8.42 Å². The van der Waals surface area contributed by atoms with Crippen LogP contribution >= 0.6 is 11.6 Å². The van der Waals surface area contributed by atoms with Gasteiger partial charge in [0.15, 0.2) is 9.84 Å². The Balaban J connectivity index is 1.91. The molecule has 1 amide bonds. The normalized spacial score (nSPS) is 17.7. The molecule has 0 bridgehead atoms. The van der Waals surface area contributed by atoms with Crippen LogP contribution in [0.2, 0.25) is 5.02 Å². The van der Waals surface area contributed by atoms with Crippen molar-refractivity contribution in [2.75, 3.05) is 6.54 Å². The maximum atomic E-state index is 12.4. The summed E-state index contributed by atoms with van der Waals surface area (Å²) in [4.78, 5) is 12.2. The zero-order chi connectivity index (χ0) is 16.9. The van der Waals surface area contributed by atoms with Crippen LogP contribution < -0.4 is 5.32 Å². The summed E-state index contributed by atoms with van der Waals surface area (Å²) < 4.78 is 24.8. The fraction of sp³-hybridized carbons (Fsp3) is 0.588. The van der Waals surface area contributed by atoms with E-state index in [0.717, 1.165) is 12.8 Å². The maximum Gasteiger partial charge on any atom is 0.238 e. The number of nitrogens with one attached hydrogen (secondary N) is 1. The first-order valence-electron chi connectivity index (χ1n) is 8.12. The minimum absolute atomic E-state index is 0.175. The van der Waals surface area contributed by atoms with Crippen molar-refractivity contribution < 1.29 is 13.2 Å². The predicted molar refractivity (Wildman–Crippen MR) is 93.1 cm³/mol. The third kappa shape index (κ3) is 5.50. The standard InChI is InChI=1S/C17H24ClNO3S/c1-13(17(20)19-11-14-6-3-2-4-7-14)23(21,22)12-15-8-5-9-16(18)10-15/h5,8-10,13-14H,2-4,6-7,11-12H2,1H3,(H,19,20)/t13-/m1/s1. The highest BCUT2D eigenvalue weighted by Gasteiger charge is 2.28. The second-order valence-electron chi connectivity index (χ2n) is 6.33. The van der Waals surface area contributed by atoms with Crippen LogP contribution in [0.1, 0.15) is 44.6 Å². The van der Waals surface area contributed by atoms with Gasteiger partial charge >= 0.3 is 0 Å². The summed E-state index contributed by atoms with van der Waals surface area (Å²) >= 11 is 5.88. The molecule has 0 aromatic heterocycles. The van der Waals surface area contributed by atoms with Gasteiger partial charge in [-0.05, 0) is 43.4 Å². The SMILES string of the molecule is C[C@H](C(=O)NCC1CCCCC1)S(=O)(=O)Cc1cccc(Cl)c1. The van der Waals surface area contributed by atoms with Crippen LogP contribution in [0.4, 0.5) is 0 Å². The number of amides is 1. The van der Waals surface area contributed by atoms with E-state index in [1.165, 1.54) is 26.2 Å². The van der Waals surface area contributed by atoms with Gasteiger partial charge in [-0.3, -0.25) is 4.79 Å². The van der Waals surface area contributed by atoms with Crippen molar-refractivity contribution in [2.45, 2.75) is 50.0 Å². The number of sulfone groups is 1. The molecule has 1 N–H and O–H groups in total. The van der Waals surface area contributed by atoms with Crippen molar-refractivity contribution in [3.8, 4) is 0 Å². The van der Waals surface area contributed by atoms with Gasteiger partial charge in [0, 0.05) is 11.6 Å². The van der Waals surface area contributed by atoms with E-state index in [9.17, 15) is 13.2 Å². The van der Waals surface area contributed by atoms with E-state index >= 15 is 0 Å². The van der Waals surface area contributed by atoms with Crippen molar-refractivity contribution in [3.63, 3.8) is 0 Å². The zero-order valence-corrected chi connectivity index (χ0v) is 15.0. The molecule has 0 aliphatic heterocycles. The van der Waals surface area contributed by atoms with Crippen molar-refractivity contribution in [2.24, 2.45) is 5.92 Å². The number of rotatable bonds is 6. The minimum atomic E-state index is -3.55. The summed E-state index contributed by atoms with van der Waals surface area (Å²) in [6.45, 7) is 2.03. The zero-order valence-electron chi connectivity index (χ0n) is 13.4. The molecule has 1 aliphatic rings. The Labute approximate surface area is 143 Å². The first-order valence-corrected chi connectivity index (χ1v) is 10.2. The number of carbonyl (C=O) groups is 1. The topological polar surface area (TPSA) is 63.2 Å². The molecule has 1 atom stereocenters. The Morgan fingerprint density at radius 3 is 2.65 bits per heavy atom. The van der Waals surface area contributed by atoms with Crippen LogP contribution in [0.15, 0.2) is 24.3 Å². The van der Waals surface area contributed by atoms with Crippen molar-refractivity contribution in [3.05, 3.63) is 34.9 Å². The first-order chi connectivity index (χ1) is 10.9. The number of carbonyl (C=O) groups excluding carboxylic acids is 1. The molecular weight excluding hydrogens is 334 g/mol. The largest absolute Gasteiger partial charge is 0.355 e. The number of hydrogen-bond acceptors (Lipinski definition) is 3. The molecule has 4 nitrogen and oxygen atoms in total. The van der Waals surface area contributed by atoms with Gasteiger partial charge in [0.05, 0.1) is 5.75 Å².